The number of amides is 3. The van der Waals surface area contributed by atoms with E-state index in [0.717, 1.165) is 52.8 Å². The summed E-state index contributed by atoms with van der Waals surface area (Å²) in [6.45, 7) is 4.72. The molecule has 4 aromatic carbocycles. The van der Waals surface area contributed by atoms with Crippen LogP contribution in [0.1, 0.15) is 82.9 Å². The molecule has 1 heterocycles. The van der Waals surface area contributed by atoms with Crippen LogP contribution in [0.15, 0.2) is 97.1 Å². The van der Waals surface area contributed by atoms with Gasteiger partial charge in [-0.15, -0.1) is 0 Å². The Kier molecular flexibility index (Phi) is 11.9. The van der Waals surface area contributed by atoms with E-state index in [9.17, 15) is 19.2 Å². The fourth-order valence-corrected chi connectivity index (χ4v) is 7.41. The highest BCUT2D eigenvalue weighted by atomic mass is 16.5. The molecule has 3 amide bonds. The van der Waals surface area contributed by atoms with Crippen LogP contribution in [0.2, 0.25) is 0 Å². The molecule has 0 aromatic heterocycles. The number of nitrogens with zero attached hydrogens (tertiary/aromatic N) is 2. The van der Waals surface area contributed by atoms with Gasteiger partial charge in [-0.2, -0.15) is 0 Å². The first-order valence-corrected chi connectivity index (χ1v) is 18.7. The van der Waals surface area contributed by atoms with Crippen LogP contribution in [0, 0.1) is 5.92 Å². The van der Waals surface area contributed by atoms with Gasteiger partial charge in [-0.3, -0.25) is 14.4 Å². The van der Waals surface area contributed by atoms with Crippen LogP contribution in [-0.2, 0) is 51.5 Å². The van der Waals surface area contributed by atoms with Gasteiger partial charge in [0, 0.05) is 44.6 Å². The van der Waals surface area contributed by atoms with E-state index in [4.69, 9.17) is 4.74 Å². The molecule has 4 atom stereocenters. The number of carbonyl (C=O) groups is 4. The number of benzene rings is 4. The highest BCUT2D eigenvalue weighted by Crippen LogP contribution is 2.31. The Morgan fingerprint density at radius 2 is 1.53 bits per heavy atom. The predicted octanol–water partition coefficient (Wildman–Crippen LogP) is 6.33. The van der Waals surface area contributed by atoms with Gasteiger partial charge in [0.1, 0.15) is 12.1 Å². The summed E-state index contributed by atoms with van der Waals surface area (Å²) in [7, 11) is 3.36. The minimum absolute atomic E-state index is 0.113. The van der Waals surface area contributed by atoms with E-state index in [0.29, 0.717) is 24.9 Å². The highest BCUT2D eigenvalue weighted by molar-refractivity contribution is 5.93. The number of carbonyl (C=O) groups excluding carboxylic acids is 4. The number of nitrogens with one attached hydrogen (secondary N) is 2. The fraction of sp³-hybridized carbons (Fsp3) is 0.364. The van der Waals surface area contributed by atoms with Gasteiger partial charge < -0.3 is 25.2 Å². The average molecular weight is 715 g/mol. The molecule has 276 valence electrons. The number of rotatable bonds is 12. The van der Waals surface area contributed by atoms with Crippen molar-refractivity contribution in [2.75, 3.05) is 19.1 Å². The molecule has 1 aliphatic carbocycles. The van der Waals surface area contributed by atoms with Gasteiger partial charge >= 0.3 is 5.97 Å². The van der Waals surface area contributed by atoms with E-state index in [1.807, 2.05) is 93.7 Å². The van der Waals surface area contributed by atoms with Gasteiger partial charge in [0.25, 0.3) is 0 Å². The van der Waals surface area contributed by atoms with Crippen molar-refractivity contribution in [3.05, 3.63) is 136 Å². The lowest BCUT2D eigenvalue weighted by Crippen LogP contribution is -2.58. The Labute approximate surface area is 312 Å². The molecule has 0 radical (unpaired) electrons. The highest BCUT2D eigenvalue weighted by Gasteiger charge is 2.39. The van der Waals surface area contributed by atoms with E-state index < -0.39 is 12.1 Å². The van der Waals surface area contributed by atoms with Crippen LogP contribution < -0.4 is 15.5 Å². The van der Waals surface area contributed by atoms with Crippen molar-refractivity contribution in [3.8, 4) is 0 Å². The lowest BCUT2D eigenvalue weighted by Gasteiger charge is -2.39. The third-order valence-electron chi connectivity index (χ3n) is 10.8. The van der Waals surface area contributed by atoms with Crippen molar-refractivity contribution in [1.82, 2.24) is 15.5 Å². The lowest BCUT2D eigenvalue weighted by atomic mass is 9.87. The molecule has 0 saturated carbocycles. The number of methoxy groups -OCH3 is 1. The average Bonchev–Trinajstić information content (AvgIpc) is 3.19. The summed E-state index contributed by atoms with van der Waals surface area (Å²) in [5.41, 5.74) is 7.87. The first-order valence-electron chi connectivity index (χ1n) is 18.7. The minimum atomic E-state index is -0.857. The summed E-state index contributed by atoms with van der Waals surface area (Å²) in [6.07, 6.45) is 4.15. The zero-order chi connectivity index (χ0) is 37.5. The normalized spacial score (nSPS) is 17.4. The molecule has 1 unspecified atom stereocenters. The van der Waals surface area contributed by atoms with Crippen LogP contribution in [-0.4, -0.2) is 54.8 Å². The Bertz CT molecular complexity index is 1920. The maximum Gasteiger partial charge on any atom is 0.337 e. The largest absolute Gasteiger partial charge is 0.465 e. The third kappa shape index (κ3) is 8.79. The first kappa shape index (κ1) is 37.3. The smallest absolute Gasteiger partial charge is 0.337 e. The van der Waals surface area contributed by atoms with Crippen molar-refractivity contribution in [2.24, 2.45) is 5.92 Å². The number of esters is 1. The summed E-state index contributed by atoms with van der Waals surface area (Å²) < 4.78 is 4.81. The van der Waals surface area contributed by atoms with Gasteiger partial charge in [0.05, 0.1) is 18.7 Å². The Hall–Kier alpha value is -5.44. The maximum atomic E-state index is 14.7. The molecule has 0 fully saturated rings. The van der Waals surface area contributed by atoms with E-state index in [1.54, 1.807) is 17.0 Å². The lowest BCUT2D eigenvalue weighted by molar-refractivity contribution is -0.145. The molecule has 2 N–H and O–H groups in total. The van der Waals surface area contributed by atoms with Gasteiger partial charge in [-0.05, 0) is 83.3 Å². The number of ether oxygens (including phenoxy) is 1. The van der Waals surface area contributed by atoms with Crippen LogP contribution in [0.5, 0.6) is 0 Å². The molecule has 9 heteroatoms. The van der Waals surface area contributed by atoms with E-state index in [1.165, 1.54) is 12.7 Å². The minimum Gasteiger partial charge on any atom is -0.465 e. The molecule has 2 aliphatic rings. The number of hydrogen-bond acceptors (Lipinski definition) is 6. The van der Waals surface area contributed by atoms with Gasteiger partial charge in [0.2, 0.25) is 17.7 Å². The third-order valence-corrected chi connectivity index (χ3v) is 10.8. The van der Waals surface area contributed by atoms with Gasteiger partial charge in [0.15, 0.2) is 0 Å². The molecule has 53 heavy (non-hydrogen) atoms. The van der Waals surface area contributed by atoms with Crippen molar-refractivity contribution in [1.29, 1.82) is 0 Å². The van der Waals surface area contributed by atoms with Crippen LogP contribution in [0.25, 0.3) is 0 Å². The molecule has 6 rings (SSSR count). The fourth-order valence-electron chi connectivity index (χ4n) is 7.41. The molecular weight excluding hydrogens is 665 g/mol. The summed E-state index contributed by atoms with van der Waals surface area (Å²) in [4.78, 5) is 57.9. The van der Waals surface area contributed by atoms with Crippen LogP contribution >= 0.6 is 0 Å². The van der Waals surface area contributed by atoms with Crippen LogP contribution in [0.4, 0.5) is 5.69 Å². The number of fused-ring (bicyclic) bond motifs is 2. The molecule has 4 aromatic rings. The van der Waals surface area contributed by atoms with Gasteiger partial charge in [-0.1, -0.05) is 86.6 Å². The van der Waals surface area contributed by atoms with Crippen LogP contribution in [0.3, 0.4) is 0 Å². The summed E-state index contributed by atoms with van der Waals surface area (Å²) in [5, 5.41) is 6.39. The van der Waals surface area contributed by atoms with Crippen molar-refractivity contribution < 1.29 is 23.9 Å². The first-order chi connectivity index (χ1) is 25.6. The molecule has 0 saturated heterocycles. The summed E-state index contributed by atoms with van der Waals surface area (Å²) >= 11 is 0. The number of hydrogen-bond donors (Lipinski definition) is 2. The van der Waals surface area contributed by atoms with Crippen molar-refractivity contribution >= 4 is 29.4 Å². The monoisotopic (exact) mass is 714 g/mol. The van der Waals surface area contributed by atoms with Crippen molar-refractivity contribution in [2.45, 2.75) is 83.6 Å². The second kappa shape index (κ2) is 16.9. The van der Waals surface area contributed by atoms with E-state index in [-0.39, 0.29) is 48.6 Å². The van der Waals surface area contributed by atoms with E-state index in [2.05, 4.69) is 27.7 Å². The number of aryl methyl sites for hydroxylation is 1. The summed E-state index contributed by atoms with van der Waals surface area (Å²) in [6, 6.07) is 29.9. The predicted molar refractivity (Wildman–Crippen MR) is 206 cm³/mol. The zero-order valence-electron chi connectivity index (χ0n) is 31.1. The SMILES string of the molecule is CC[C@@H](C)C(=O)N[C@@H](Cc1ccc(N(C)Cc2ccc(C(=O)OC)cc2)cc1)C(=O)N1Cc2ccccc2CC1C(=O)N[C@@H]1CCCc2ccccc21. The molecule has 1 aliphatic heterocycles. The number of anilines is 1. The molecule has 0 spiro atoms. The van der Waals surface area contributed by atoms with Crippen molar-refractivity contribution in [3.63, 3.8) is 0 Å². The van der Waals surface area contributed by atoms with E-state index >= 15 is 0 Å². The Morgan fingerprint density at radius 1 is 0.868 bits per heavy atom. The molecular formula is C44H50N4O5. The maximum absolute atomic E-state index is 14.7. The topological polar surface area (TPSA) is 108 Å². The van der Waals surface area contributed by atoms with Gasteiger partial charge in [-0.25, -0.2) is 4.79 Å². The molecule has 9 nitrogen and oxygen atoms in total. The standard InChI is InChI=1S/C44H50N4O5/c1-5-29(2)41(49)46-39(25-30-19-23-36(24-20-30)47(3)27-31-17-21-33(22-18-31)44(52)53-4)43(51)48-28-35-13-7-6-12-34(35)26-40(48)42(50)45-38-16-10-14-32-11-8-9-15-37(32)38/h6-9,11-13,15,17-24,29,38-40H,5,10,14,16,25-28H2,1-4H3,(H,45,50)(H,46,49)/t29-,38-,39+,40?/m1/s1. The second-order valence-corrected chi connectivity index (χ2v) is 14.4. The zero-order valence-corrected chi connectivity index (χ0v) is 31.1. The Balaban J connectivity index is 1.22. The summed E-state index contributed by atoms with van der Waals surface area (Å²) in [5.74, 6) is -1.26. The quantitative estimate of drug-likeness (QED) is 0.166. The Morgan fingerprint density at radius 3 is 2.23 bits per heavy atom. The molecule has 0 bridgehead atoms. The second-order valence-electron chi connectivity index (χ2n) is 14.4.